The van der Waals surface area contributed by atoms with Crippen molar-refractivity contribution in [1.82, 2.24) is 0 Å². The summed E-state index contributed by atoms with van der Waals surface area (Å²) >= 11 is 1.12. The number of carboxylic acids is 1. The fourth-order valence-electron chi connectivity index (χ4n) is 5.70. The number of phosphoric acid groups is 2. The Bertz CT molecular complexity index is 1710. The van der Waals surface area contributed by atoms with Gasteiger partial charge in [0.1, 0.15) is 18.8 Å². The summed E-state index contributed by atoms with van der Waals surface area (Å²) in [5.74, 6) is -2.69. The topological polar surface area (TPSA) is 279 Å². The molecule has 0 aliphatic heterocycles. The fourth-order valence-corrected chi connectivity index (χ4v) is 7.98. The third-order valence-corrected chi connectivity index (χ3v) is 12.3. The summed E-state index contributed by atoms with van der Waals surface area (Å²) in [5, 5.41) is 29.2. The molecule has 0 bridgehead atoms. The average Bonchev–Trinajstić information content (AvgIpc) is 3.30. The van der Waals surface area contributed by atoms with E-state index in [1.807, 2.05) is 18.2 Å². The number of hydrogen-bond donors (Lipinski definition) is 7. The number of unbranched alkanes of at least 4 members (excludes halogenated alkanes) is 7. The largest absolute Gasteiger partial charge is 0.481 e. The Kier molecular flexibility index (Phi) is 41.5. The Balaban J connectivity index is 5.40. The number of allylic oxidation sites excluding steroid dienone is 15. The molecule has 394 valence electrons. The van der Waals surface area contributed by atoms with Crippen LogP contribution in [0.15, 0.2) is 97.2 Å². The molecular formula is C49H81NO16P2S. The third-order valence-electron chi connectivity index (χ3n) is 9.45. The van der Waals surface area contributed by atoms with Gasteiger partial charge >= 0.3 is 33.6 Å². The molecule has 6 atom stereocenters. The second-order valence-electron chi connectivity index (χ2n) is 15.9. The highest BCUT2D eigenvalue weighted by molar-refractivity contribution is 8.00. The number of aliphatic hydroxyl groups is 2. The number of carbonyl (C=O) groups excluding carboxylic acids is 2. The first-order valence-corrected chi connectivity index (χ1v) is 27.9. The minimum absolute atomic E-state index is 0.0591. The second-order valence-corrected chi connectivity index (χ2v) is 19.8. The summed E-state index contributed by atoms with van der Waals surface area (Å²) < 4.78 is 48.0. The quantitative estimate of drug-likeness (QED) is 0.00983. The molecule has 0 aromatic heterocycles. The molecule has 0 saturated heterocycles. The van der Waals surface area contributed by atoms with Crippen LogP contribution >= 0.6 is 27.4 Å². The zero-order valence-corrected chi connectivity index (χ0v) is 43.1. The van der Waals surface area contributed by atoms with E-state index in [9.17, 15) is 38.6 Å². The highest BCUT2D eigenvalue weighted by atomic mass is 32.2. The molecule has 0 aliphatic rings. The summed E-state index contributed by atoms with van der Waals surface area (Å²) in [6.07, 6.45) is 41.6. The van der Waals surface area contributed by atoms with Gasteiger partial charge in [-0.3, -0.25) is 28.0 Å². The number of carbonyl (C=O) groups is 3. The third kappa shape index (κ3) is 44.5. The Morgan fingerprint density at radius 1 is 0.638 bits per heavy atom. The molecule has 69 heavy (non-hydrogen) atoms. The first kappa shape index (κ1) is 65.8. The van der Waals surface area contributed by atoms with Gasteiger partial charge in [0.25, 0.3) is 0 Å². The van der Waals surface area contributed by atoms with E-state index in [-0.39, 0.29) is 31.4 Å². The molecule has 0 aliphatic carbocycles. The molecule has 0 amide bonds. The predicted octanol–water partition coefficient (Wildman–Crippen LogP) is 9.43. The van der Waals surface area contributed by atoms with Crippen LogP contribution in [0, 0.1) is 0 Å². The monoisotopic (exact) mass is 1030 g/mol. The zero-order chi connectivity index (χ0) is 51.4. The predicted molar refractivity (Wildman–Crippen MR) is 272 cm³/mol. The van der Waals surface area contributed by atoms with E-state index < -0.39 is 89.6 Å². The van der Waals surface area contributed by atoms with Gasteiger partial charge in [-0.1, -0.05) is 137 Å². The minimum Gasteiger partial charge on any atom is -0.481 e. The standard InChI is InChI=1S/C49H81NO16P2S/c1-3-5-7-9-11-13-15-17-18-19-20-21-23-25-27-29-31-36-48(55)62-39-43(40-65-68(60,61)64-38-42(51)37-63-67(57,58)59)66-49(56)44(50)41-69-46(45(52)33-32-35-47(53)54)34-30-28-26-24-22-16-14-12-10-8-6-4-2/h5,7,11-14,17-18,20-22,24,26,28,30,34,42-46,51-52H,3-4,6,8-10,15-16,19,23,25,27,29,31-33,35-41,50H2,1-2H3,(H,53,54)(H,60,61)(H2,57,58,59)/b7-5-,13-11-,14-12-,18-17-,21-20-,24-22-,28-26+,34-30+/t42-,43+,44-,45-,46+/m0/s1. The maximum atomic E-state index is 13.2. The molecule has 8 N–H and O–H groups in total. The molecule has 0 saturated carbocycles. The van der Waals surface area contributed by atoms with E-state index in [1.165, 1.54) is 19.3 Å². The highest BCUT2D eigenvalue weighted by Gasteiger charge is 2.30. The van der Waals surface area contributed by atoms with Gasteiger partial charge in [-0.15, -0.1) is 11.8 Å². The number of carboxylic acid groups (broad SMARTS) is 1. The van der Waals surface area contributed by atoms with Crippen LogP contribution in [0.5, 0.6) is 0 Å². The number of nitrogens with two attached hydrogens (primary N) is 1. The van der Waals surface area contributed by atoms with E-state index >= 15 is 0 Å². The van der Waals surface area contributed by atoms with Crippen molar-refractivity contribution in [3.05, 3.63) is 97.2 Å². The maximum Gasteiger partial charge on any atom is 0.472 e. The molecule has 1 unspecified atom stereocenters. The number of phosphoric ester groups is 2. The van der Waals surface area contributed by atoms with Gasteiger partial charge in [0, 0.05) is 23.8 Å². The number of aliphatic hydroxyl groups excluding tert-OH is 2. The van der Waals surface area contributed by atoms with Gasteiger partial charge in [0.05, 0.1) is 25.9 Å². The lowest BCUT2D eigenvalue weighted by Crippen LogP contribution is -2.40. The lowest BCUT2D eigenvalue weighted by atomic mass is 10.1. The van der Waals surface area contributed by atoms with Crippen molar-refractivity contribution in [2.45, 2.75) is 159 Å². The van der Waals surface area contributed by atoms with Crippen LogP contribution in [0.2, 0.25) is 0 Å². The lowest BCUT2D eigenvalue weighted by Gasteiger charge is -2.23. The molecule has 0 fully saturated rings. The number of ether oxygens (including phenoxy) is 2. The van der Waals surface area contributed by atoms with Crippen molar-refractivity contribution >= 4 is 45.3 Å². The van der Waals surface area contributed by atoms with Crippen molar-refractivity contribution < 1.29 is 76.6 Å². The summed E-state index contributed by atoms with van der Waals surface area (Å²) in [4.78, 5) is 64.8. The van der Waals surface area contributed by atoms with Crippen molar-refractivity contribution in [3.63, 3.8) is 0 Å². The smallest absolute Gasteiger partial charge is 0.472 e. The minimum atomic E-state index is -4.98. The number of hydrogen-bond acceptors (Lipinski definition) is 14. The Morgan fingerprint density at radius 2 is 1.20 bits per heavy atom. The molecule has 0 heterocycles. The number of thioether (sulfide) groups is 1. The molecule has 17 nitrogen and oxygen atoms in total. The molecule has 0 aromatic carbocycles. The first-order chi connectivity index (χ1) is 33.0. The van der Waals surface area contributed by atoms with Crippen molar-refractivity contribution in [2.24, 2.45) is 5.73 Å². The van der Waals surface area contributed by atoms with E-state index in [4.69, 9.17) is 34.6 Å². The van der Waals surface area contributed by atoms with Gasteiger partial charge in [0.2, 0.25) is 0 Å². The number of aliphatic carboxylic acids is 1. The van der Waals surface area contributed by atoms with Crippen LogP contribution in [0.4, 0.5) is 0 Å². The molecule has 0 spiro atoms. The van der Waals surface area contributed by atoms with Gasteiger partial charge in [-0.05, 0) is 77.0 Å². The van der Waals surface area contributed by atoms with Gasteiger partial charge in [-0.2, -0.15) is 0 Å². The molecule has 0 radical (unpaired) electrons. The van der Waals surface area contributed by atoms with Crippen molar-refractivity contribution in [1.29, 1.82) is 0 Å². The summed E-state index contributed by atoms with van der Waals surface area (Å²) in [7, 11) is -9.92. The Morgan fingerprint density at radius 3 is 1.83 bits per heavy atom. The second kappa shape index (κ2) is 43.6. The number of esters is 2. The SMILES string of the molecule is CC/C=C\C/C=C\C/C=C\C/C=C\CCCCCCC(=O)OC[C@H](COP(=O)(O)OC[C@@H](O)COP(=O)(O)O)OC(=O)[C@@H](N)CS[C@H](/C=C/C=C/C=C\C/C=C\CCCCC)[C@@H](O)CCCC(=O)O. The van der Waals surface area contributed by atoms with Crippen LogP contribution in [-0.2, 0) is 46.6 Å². The molecule has 20 heteroatoms. The Labute approximate surface area is 414 Å². The van der Waals surface area contributed by atoms with Crippen LogP contribution in [0.25, 0.3) is 0 Å². The van der Waals surface area contributed by atoms with Gasteiger partial charge in [0.15, 0.2) is 6.10 Å². The first-order valence-electron chi connectivity index (χ1n) is 23.9. The maximum absolute atomic E-state index is 13.2. The normalized spacial score (nSPS) is 15.9. The van der Waals surface area contributed by atoms with E-state index in [0.29, 0.717) is 6.42 Å². The summed E-state index contributed by atoms with van der Waals surface area (Å²) in [6, 6.07) is -1.30. The van der Waals surface area contributed by atoms with Crippen LogP contribution < -0.4 is 5.73 Å². The molecular weight excluding hydrogens is 953 g/mol. The van der Waals surface area contributed by atoms with E-state index in [0.717, 1.165) is 76.0 Å². The van der Waals surface area contributed by atoms with Crippen LogP contribution in [0.1, 0.15) is 129 Å². The molecule has 0 aromatic rings. The zero-order valence-electron chi connectivity index (χ0n) is 40.5. The van der Waals surface area contributed by atoms with Gasteiger partial charge in [-0.25, -0.2) is 9.13 Å². The summed E-state index contributed by atoms with van der Waals surface area (Å²) in [5.41, 5.74) is 6.19. The highest BCUT2D eigenvalue weighted by Crippen LogP contribution is 2.44. The Hall–Kier alpha value is -3.22. The van der Waals surface area contributed by atoms with Crippen molar-refractivity contribution in [3.8, 4) is 0 Å². The van der Waals surface area contributed by atoms with Crippen LogP contribution in [-0.4, -0.2) is 110 Å². The van der Waals surface area contributed by atoms with E-state index in [2.05, 4.69) is 83.7 Å². The number of rotatable bonds is 44. The van der Waals surface area contributed by atoms with Crippen LogP contribution in [0.3, 0.4) is 0 Å². The fraction of sp³-hybridized carbons (Fsp3) is 0.612. The molecule has 0 rings (SSSR count). The summed E-state index contributed by atoms with van der Waals surface area (Å²) in [6.45, 7) is 1.00. The van der Waals surface area contributed by atoms with Crippen molar-refractivity contribution in [2.75, 3.05) is 32.2 Å². The van der Waals surface area contributed by atoms with Gasteiger partial charge < -0.3 is 45.2 Å². The van der Waals surface area contributed by atoms with E-state index in [1.54, 1.807) is 18.2 Å². The average molecular weight is 1030 g/mol. The lowest BCUT2D eigenvalue weighted by molar-refractivity contribution is -0.161.